The van der Waals surface area contributed by atoms with Gasteiger partial charge in [-0.05, 0) is 33.6 Å². The lowest BCUT2D eigenvalue weighted by molar-refractivity contribution is 0.404. The monoisotopic (exact) mass is 389 g/mol. The van der Waals surface area contributed by atoms with Crippen molar-refractivity contribution in [2.24, 2.45) is 0 Å². The Kier molecular flexibility index (Phi) is 5.62. The summed E-state index contributed by atoms with van der Waals surface area (Å²) in [5.74, 6) is 1.26. The Labute approximate surface area is 142 Å². The summed E-state index contributed by atoms with van der Waals surface area (Å²) < 4.78 is 11.4. The summed E-state index contributed by atoms with van der Waals surface area (Å²) in [6.07, 6.45) is 0. The van der Waals surface area contributed by atoms with Gasteiger partial charge < -0.3 is 14.8 Å². The number of ether oxygens (including phenoxy) is 2. The van der Waals surface area contributed by atoms with E-state index in [9.17, 15) is 0 Å². The average molecular weight is 391 g/mol. The summed E-state index contributed by atoms with van der Waals surface area (Å²) >= 11 is 15.5. The van der Waals surface area contributed by atoms with E-state index in [-0.39, 0.29) is 0 Å². The molecule has 1 N–H and O–H groups in total. The van der Waals surface area contributed by atoms with E-state index < -0.39 is 0 Å². The van der Waals surface area contributed by atoms with Crippen molar-refractivity contribution in [1.82, 2.24) is 0 Å². The highest BCUT2D eigenvalue weighted by molar-refractivity contribution is 9.10. The van der Waals surface area contributed by atoms with Crippen LogP contribution in [0.3, 0.4) is 0 Å². The van der Waals surface area contributed by atoms with E-state index in [1.165, 1.54) is 0 Å². The molecule has 2 aromatic carbocycles. The quantitative estimate of drug-likeness (QED) is 0.742. The molecule has 0 saturated carbocycles. The van der Waals surface area contributed by atoms with Crippen molar-refractivity contribution in [3.63, 3.8) is 0 Å². The largest absolute Gasteiger partial charge is 0.495 e. The van der Waals surface area contributed by atoms with Crippen LogP contribution in [0.25, 0.3) is 0 Å². The van der Waals surface area contributed by atoms with Crippen molar-refractivity contribution >= 4 is 44.8 Å². The fourth-order valence-corrected chi connectivity index (χ4v) is 2.62. The summed E-state index contributed by atoms with van der Waals surface area (Å²) in [5, 5.41) is 4.49. The predicted molar refractivity (Wildman–Crippen MR) is 91.0 cm³/mol. The van der Waals surface area contributed by atoms with Gasteiger partial charge in [-0.25, -0.2) is 0 Å². The Balaban J connectivity index is 2.20. The van der Waals surface area contributed by atoms with Crippen LogP contribution in [0.15, 0.2) is 34.8 Å². The third kappa shape index (κ3) is 3.96. The molecule has 0 aliphatic carbocycles. The minimum Gasteiger partial charge on any atom is -0.495 e. The SMILES string of the molecule is COc1cc(NCc2ccc(Cl)c(Br)c2)c(OC)cc1Cl. The van der Waals surface area contributed by atoms with Gasteiger partial charge in [0.05, 0.1) is 30.0 Å². The van der Waals surface area contributed by atoms with Crippen LogP contribution in [0.2, 0.25) is 10.0 Å². The Morgan fingerprint density at radius 2 is 1.71 bits per heavy atom. The minimum atomic E-state index is 0.508. The molecule has 0 bridgehead atoms. The molecule has 0 radical (unpaired) electrons. The van der Waals surface area contributed by atoms with Crippen molar-refractivity contribution in [3.05, 3.63) is 50.4 Å². The predicted octanol–water partition coefficient (Wildman–Crippen LogP) is 5.39. The number of hydrogen-bond acceptors (Lipinski definition) is 3. The van der Waals surface area contributed by atoms with E-state index in [4.69, 9.17) is 32.7 Å². The van der Waals surface area contributed by atoms with E-state index in [1.807, 2.05) is 24.3 Å². The Hall–Kier alpha value is -1.10. The summed E-state index contributed by atoms with van der Waals surface area (Å²) in [6, 6.07) is 9.31. The van der Waals surface area contributed by atoms with Gasteiger partial charge in [-0.1, -0.05) is 29.3 Å². The Morgan fingerprint density at radius 3 is 2.33 bits per heavy atom. The van der Waals surface area contributed by atoms with Gasteiger partial charge in [0.25, 0.3) is 0 Å². The van der Waals surface area contributed by atoms with Crippen LogP contribution in [0.5, 0.6) is 11.5 Å². The van der Waals surface area contributed by atoms with E-state index in [0.717, 1.165) is 15.7 Å². The van der Waals surface area contributed by atoms with Crippen LogP contribution < -0.4 is 14.8 Å². The molecule has 2 rings (SSSR count). The zero-order valence-corrected chi connectivity index (χ0v) is 14.6. The topological polar surface area (TPSA) is 30.5 Å². The molecular formula is C15H14BrCl2NO2. The fourth-order valence-electron chi connectivity index (χ4n) is 1.85. The molecule has 21 heavy (non-hydrogen) atoms. The summed E-state index contributed by atoms with van der Waals surface area (Å²) in [5.41, 5.74) is 1.90. The Morgan fingerprint density at radius 1 is 1.00 bits per heavy atom. The second-order valence-electron chi connectivity index (χ2n) is 4.29. The van der Waals surface area contributed by atoms with E-state index in [2.05, 4.69) is 21.2 Å². The van der Waals surface area contributed by atoms with Crippen LogP contribution in [0.4, 0.5) is 5.69 Å². The first-order valence-corrected chi connectivity index (χ1v) is 7.69. The maximum atomic E-state index is 6.08. The molecular weight excluding hydrogens is 377 g/mol. The molecule has 3 nitrogen and oxygen atoms in total. The van der Waals surface area contributed by atoms with Crippen LogP contribution in [0.1, 0.15) is 5.56 Å². The van der Waals surface area contributed by atoms with E-state index in [0.29, 0.717) is 28.1 Å². The smallest absolute Gasteiger partial charge is 0.143 e. The first kappa shape index (κ1) is 16.3. The number of hydrogen-bond donors (Lipinski definition) is 1. The number of methoxy groups -OCH3 is 2. The lowest BCUT2D eigenvalue weighted by Gasteiger charge is -2.14. The lowest BCUT2D eigenvalue weighted by Crippen LogP contribution is -2.02. The normalized spacial score (nSPS) is 10.3. The molecule has 6 heteroatoms. The van der Waals surface area contributed by atoms with E-state index >= 15 is 0 Å². The summed E-state index contributed by atoms with van der Waals surface area (Å²) in [4.78, 5) is 0. The van der Waals surface area contributed by atoms with Crippen molar-refractivity contribution in [3.8, 4) is 11.5 Å². The third-order valence-electron chi connectivity index (χ3n) is 2.94. The standard InChI is InChI=1S/C15H14BrCl2NO2/c1-20-14-7-13(15(21-2)6-12(14)18)19-8-9-3-4-11(17)10(16)5-9/h3-7,19H,8H2,1-2H3. The first-order valence-electron chi connectivity index (χ1n) is 6.14. The highest BCUT2D eigenvalue weighted by Gasteiger charge is 2.10. The molecule has 0 saturated heterocycles. The Bertz CT molecular complexity index is 650. The van der Waals surface area contributed by atoms with Gasteiger partial charge in [0.15, 0.2) is 0 Å². The lowest BCUT2D eigenvalue weighted by atomic mass is 10.2. The van der Waals surface area contributed by atoms with E-state index in [1.54, 1.807) is 20.3 Å². The van der Waals surface area contributed by atoms with Gasteiger partial charge in [-0.15, -0.1) is 0 Å². The third-order valence-corrected chi connectivity index (χ3v) is 4.45. The number of nitrogens with one attached hydrogen (secondary N) is 1. The molecule has 0 aliphatic heterocycles. The number of halogens is 3. The zero-order chi connectivity index (χ0) is 15.4. The minimum absolute atomic E-state index is 0.508. The average Bonchev–Trinajstić information content (AvgIpc) is 2.48. The van der Waals surface area contributed by atoms with Crippen LogP contribution >= 0.6 is 39.1 Å². The summed E-state index contributed by atoms with van der Waals surface area (Å²) in [7, 11) is 3.18. The number of rotatable bonds is 5. The zero-order valence-electron chi connectivity index (χ0n) is 11.5. The van der Waals surface area contributed by atoms with Gasteiger partial charge in [0.1, 0.15) is 11.5 Å². The van der Waals surface area contributed by atoms with Gasteiger partial charge in [0, 0.05) is 23.2 Å². The molecule has 0 heterocycles. The molecule has 0 amide bonds. The maximum absolute atomic E-state index is 6.08. The van der Waals surface area contributed by atoms with Gasteiger partial charge in [0.2, 0.25) is 0 Å². The van der Waals surface area contributed by atoms with Crippen molar-refractivity contribution in [1.29, 1.82) is 0 Å². The highest BCUT2D eigenvalue weighted by Crippen LogP contribution is 2.36. The van der Waals surface area contributed by atoms with Crippen molar-refractivity contribution in [2.75, 3.05) is 19.5 Å². The van der Waals surface area contributed by atoms with Crippen LogP contribution in [0, 0.1) is 0 Å². The molecule has 112 valence electrons. The molecule has 0 unspecified atom stereocenters. The van der Waals surface area contributed by atoms with Gasteiger partial charge in [-0.2, -0.15) is 0 Å². The van der Waals surface area contributed by atoms with Crippen LogP contribution in [-0.2, 0) is 6.54 Å². The molecule has 0 aliphatic rings. The maximum Gasteiger partial charge on any atom is 0.143 e. The van der Waals surface area contributed by atoms with Crippen LogP contribution in [-0.4, -0.2) is 14.2 Å². The van der Waals surface area contributed by atoms with Crippen molar-refractivity contribution < 1.29 is 9.47 Å². The molecule has 0 atom stereocenters. The first-order chi connectivity index (χ1) is 10.0. The second kappa shape index (κ2) is 7.25. The molecule has 0 aromatic heterocycles. The second-order valence-corrected chi connectivity index (χ2v) is 5.96. The number of anilines is 1. The van der Waals surface area contributed by atoms with Gasteiger partial charge in [-0.3, -0.25) is 0 Å². The number of benzene rings is 2. The molecule has 0 spiro atoms. The van der Waals surface area contributed by atoms with Gasteiger partial charge >= 0.3 is 0 Å². The highest BCUT2D eigenvalue weighted by atomic mass is 79.9. The molecule has 2 aromatic rings. The molecule has 0 fully saturated rings. The summed E-state index contributed by atoms with van der Waals surface area (Å²) in [6.45, 7) is 0.622. The fraction of sp³-hybridized carbons (Fsp3) is 0.200. The van der Waals surface area contributed by atoms with Crippen molar-refractivity contribution in [2.45, 2.75) is 6.54 Å².